The first-order valence-electron chi connectivity index (χ1n) is 7.82. The third kappa shape index (κ3) is 3.73. The van der Waals surface area contributed by atoms with E-state index in [1.807, 2.05) is 0 Å². The Balaban J connectivity index is 1.50. The Morgan fingerprint density at radius 3 is 2.57 bits per heavy atom. The molecule has 1 aromatic heterocycles. The van der Waals surface area contributed by atoms with Crippen molar-refractivity contribution in [1.82, 2.24) is 14.8 Å². The molecule has 5 heteroatoms. The molecule has 1 saturated heterocycles. The van der Waals surface area contributed by atoms with Crippen molar-refractivity contribution < 1.29 is 4.79 Å². The largest absolute Gasteiger partial charge is 0.349 e. The maximum atomic E-state index is 12.2. The van der Waals surface area contributed by atoms with Gasteiger partial charge in [-0.25, -0.2) is 0 Å². The summed E-state index contributed by atoms with van der Waals surface area (Å²) in [7, 11) is 1.66. The van der Waals surface area contributed by atoms with Gasteiger partial charge in [-0.1, -0.05) is 0 Å². The molecule has 0 aromatic carbocycles. The second-order valence-corrected chi connectivity index (χ2v) is 6.36. The molecule has 2 fully saturated rings. The van der Waals surface area contributed by atoms with E-state index in [0.29, 0.717) is 5.56 Å². The van der Waals surface area contributed by atoms with Crippen LogP contribution in [0.1, 0.15) is 36.0 Å². The molecule has 1 amide bonds. The standard InChI is InChI=1S/C16H23N3O2/c1-18-11-13(4-5-15(18)20)16(21)17-14-6-8-19(9-7-14)10-12-2-3-12/h4-5,11-12,14H,2-3,6-10H2,1H3,(H,17,21). The van der Waals surface area contributed by atoms with Gasteiger partial charge < -0.3 is 14.8 Å². The highest BCUT2D eigenvalue weighted by Crippen LogP contribution is 2.30. The quantitative estimate of drug-likeness (QED) is 0.899. The number of amides is 1. The number of carbonyl (C=O) groups excluding carboxylic acids is 1. The van der Waals surface area contributed by atoms with Gasteiger partial charge in [0.2, 0.25) is 5.56 Å². The zero-order valence-electron chi connectivity index (χ0n) is 12.5. The molecule has 1 N–H and O–H groups in total. The summed E-state index contributed by atoms with van der Waals surface area (Å²) in [6.45, 7) is 3.39. The lowest BCUT2D eigenvalue weighted by Gasteiger charge is -2.32. The van der Waals surface area contributed by atoms with Crippen molar-refractivity contribution in [2.75, 3.05) is 19.6 Å². The Morgan fingerprint density at radius 1 is 1.24 bits per heavy atom. The third-order valence-electron chi connectivity index (χ3n) is 4.48. The third-order valence-corrected chi connectivity index (χ3v) is 4.48. The van der Waals surface area contributed by atoms with Gasteiger partial charge in [-0.15, -0.1) is 0 Å². The molecule has 0 spiro atoms. The second-order valence-electron chi connectivity index (χ2n) is 6.36. The fourth-order valence-corrected chi connectivity index (χ4v) is 2.92. The van der Waals surface area contributed by atoms with Crippen molar-refractivity contribution in [3.63, 3.8) is 0 Å². The van der Waals surface area contributed by atoms with Crippen LogP contribution in [0.4, 0.5) is 0 Å². The van der Waals surface area contributed by atoms with Crippen LogP contribution in [0.25, 0.3) is 0 Å². The fourth-order valence-electron chi connectivity index (χ4n) is 2.92. The molecule has 1 aliphatic heterocycles. The van der Waals surface area contributed by atoms with Crippen molar-refractivity contribution in [3.8, 4) is 0 Å². The molecule has 0 radical (unpaired) electrons. The SMILES string of the molecule is Cn1cc(C(=O)NC2CCN(CC3CC3)CC2)ccc1=O. The average Bonchev–Trinajstić information content (AvgIpc) is 3.28. The molecule has 1 saturated carbocycles. The van der Waals surface area contributed by atoms with Crippen LogP contribution in [0, 0.1) is 5.92 Å². The van der Waals surface area contributed by atoms with Gasteiger partial charge in [0, 0.05) is 45.0 Å². The summed E-state index contributed by atoms with van der Waals surface area (Å²) in [5.74, 6) is 0.855. The predicted molar refractivity (Wildman–Crippen MR) is 81.3 cm³/mol. The lowest BCUT2D eigenvalue weighted by Crippen LogP contribution is -2.45. The summed E-state index contributed by atoms with van der Waals surface area (Å²) >= 11 is 0. The molecule has 114 valence electrons. The maximum Gasteiger partial charge on any atom is 0.252 e. The number of aromatic nitrogens is 1. The molecule has 21 heavy (non-hydrogen) atoms. The van der Waals surface area contributed by atoms with Gasteiger partial charge in [0.25, 0.3) is 5.91 Å². The number of carbonyl (C=O) groups is 1. The second kappa shape index (κ2) is 6.02. The predicted octanol–water partition coefficient (Wildman–Crippen LogP) is 0.989. The van der Waals surface area contributed by atoms with E-state index >= 15 is 0 Å². The van der Waals surface area contributed by atoms with E-state index in [0.717, 1.165) is 31.8 Å². The van der Waals surface area contributed by atoms with Crippen LogP contribution in [-0.2, 0) is 7.05 Å². The van der Waals surface area contributed by atoms with E-state index in [1.165, 1.54) is 30.0 Å². The molecule has 3 rings (SSSR count). The minimum atomic E-state index is -0.0973. The van der Waals surface area contributed by atoms with Crippen LogP contribution in [0.5, 0.6) is 0 Å². The van der Waals surface area contributed by atoms with E-state index in [4.69, 9.17) is 0 Å². The molecule has 0 atom stereocenters. The first-order valence-corrected chi connectivity index (χ1v) is 7.82. The molecule has 1 aromatic rings. The molecule has 5 nitrogen and oxygen atoms in total. The van der Waals surface area contributed by atoms with Gasteiger partial charge in [-0.3, -0.25) is 9.59 Å². The zero-order chi connectivity index (χ0) is 14.8. The Bertz CT molecular complexity index is 569. The van der Waals surface area contributed by atoms with Crippen LogP contribution in [-0.4, -0.2) is 41.1 Å². The smallest absolute Gasteiger partial charge is 0.252 e. The van der Waals surface area contributed by atoms with Crippen molar-refractivity contribution in [3.05, 3.63) is 34.2 Å². The Hall–Kier alpha value is -1.62. The van der Waals surface area contributed by atoms with E-state index in [9.17, 15) is 9.59 Å². The van der Waals surface area contributed by atoms with E-state index in [1.54, 1.807) is 19.3 Å². The number of hydrogen-bond acceptors (Lipinski definition) is 3. The lowest BCUT2D eigenvalue weighted by molar-refractivity contribution is 0.0909. The first kappa shape index (κ1) is 14.3. The van der Waals surface area contributed by atoms with Crippen LogP contribution in [0.2, 0.25) is 0 Å². The lowest BCUT2D eigenvalue weighted by atomic mass is 10.0. The minimum Gasteiger partial charge on any atom is -0.349 e. The number of aryl methyl sites for hydroxylation is 1. The number of nitrogens with zero attached hydrogens (tertiary/aromatic N) is 2. The van der Waals surface area contributed by atoms with Gasteiger partial charge in [0.05, 0.1) is 5.56 Å². The van der Waals surface area contributed by atoms with Crippen LogP contribution < -0.4 is 10.9 Å². The normalized spacial score (nSPS) is 20.4. The molecular formula is C16H23N3O2. The van der Waals surface area contributed by atoms with Crippen molar-refractivity contribution >= 4 is 5.91 Å². The fraction of sp³-hybridized carbons (Fsp3) is 0.625. The molecule has 2 heterocycles. The van der Waals surface area contributed by atoms with Crippen LogP contribution in [0.15, 0.2) is 23.1 Å². The number of likely N-dealkylation sites (tertiary alicyclic amines) is 1. The summed E-state index contributed by atoms with van der Waals surface area (Å²) in [5.41, 5.74) is 0.456. The average molecular weight is 289 g/mol. The van der Waals surface area contributed by atoms with Gasteiger partial charge in [0.15, 0.2) is 0 Å². The van der Waals surface area contributed by atoms with Crippen molar-refractivity contribution in [1.29, 1.82) is 0 Å². The monoisotopic (exact) mass is 289 g/mol. The number of hydrogen-bond donors (Lipinski definition) is 1. The summed E-state index contributed by atoms with van der Waals surface area (Å²) in [6.07, 6.45) is 6.42. The van der Waals surface area contributed by atoms with E-state index < -0.39 is 0 Å². The van der Waals surface area contributed by atoms with Gasteiger partial charge in [-0.2, -0.15) is 0 Å². The summed E-state index contributed by atoms with van der Waals surface area (Å²) in [5, 5.41) is 3.09. The highest BCUT2D eigenvalue weighted by Gasteiger charge is 2.27. The first-order chi connectivity index (χ1) is 10.1. The topological polar surface area (TPSA) is 54.3 Å². The van der Waals surface area contributed by atoms with Crippen molar-refractivity contribution in [2.24, 2.45) is 13.0 Å². The highest BCUT2D eigenvalue weighted by atomic mass is 16.2. The van der Waals surface area contributed by atoms with Crippen LogP contribution >= 0.6 is 0 Å². The number of pyridine rings is 1. The Labute approximate surface area is 124 Å². The highest BCUT2D eigenvalue weighted by molar-refractivity contribution is 5.94. The van der Waals surface area contributed by atoms with Gasteiger partial charge >= 0.3 is 0 Å². The summed E-state index contributed by atoms with van der Waals surface area (Å²) in [4.78, 5) is 26.1. The number of rotatable bonds is 4. The Morgan fingerprint density at radius 2 is 1.95 bits per heavy atom. The maximum absolute atomic E-state index is 12.2. The number of nitrogens with one attached hydrogen (secondary N) is 1. The molecule has 0 bridgehead atoms. The number of piperidine rings is 1. The summed E-state index contributed by atoms with van der Waals surface area (Å²) < 4.78 is 1.44. The van der Waals surface area contributed by atoms with E-state index in [-0.39, 0.29) is 17.5 Å². The van der Waals surface area contributed by atoms with Crippen molar-refractivity contribution in [2.45, 2.75) is 31.7 Å². The van der Waals surface area contributed by atoms with Crippen LogP contribution in [0.3, 0.4) is 0 Å². The van der Waals surface area contributed by atoms with Gasteiger partial charge in [0.1, 0.15) is 0 Å². The molecular weight excluding hydrogens is 266 g/mol. The molecule has 0 unspecified atom stereocenters. The molecule has 1 aliphatic carbocycles. The molecule has 2 aliphatic rings. The zero-order valence-corrected chi connectivity index (χ0v) is 12.5. The van der Waals surface area contributed by atoms with Gasteiger partial charge in [-0.05, 0) is 37.7 Å². The van der Waals surface area contributed by atoms with E-state index in [2.05, 4.69) is 10.2 Å². The Kier molecular flexibility index (Phi) is 4.10. The summed E-state index contributed by atoms with van der Waals surface area (Å²) in [6, 6.07) is 3.29. The minimum absolute atomic E-state index is 0.0776.